The van der Waals surface area contributed by atoms with Gasteiger partial charge in [0.1, 0.15) is 6.61 Å². The molecule has 164 valence electrons. The highest BCUT2D eigenvalue weighted by atomic mass is 35.5. The number of methoxy groups -OCH3 is 1. The number of non-ortho nitro benzene ring substituents is 1. The monoisotopic (exact) mass is 473 g/mol. The van der Waals surface area contributed by atoms with Crippen molar-refractivity contribution in [3.8, 4) is 11.5 Å². The Bertz CT molecular complexity index is 1150. The number of nitro benzene ring substituents is 1. The molecule has 10 heteroatoms. The number of hydrogen-bond acceptors (Lipinski definition) is 6. The van der Waals surface area contributed by atoms with Gasteiger partial charge in [0, 0.05) is 22.7 Å². The van der Waals surface area contributed by atoms with Crippen molar-refractivity contribution in [2.24, 2.45) is 5.10 Å². The molecule has 0 spiro atoms. The lowest BCUT2D eigenvalue weighted by Gasteiger charge is -2.13. The van der Waals surface area contributed by atoms with E-state index < -0.39 is 10.8 Å². The van der Waals surface area contributed by atoms with Gasteiger partial charge in [0.15, 0.2) is 11.5 Å². The lowest BCUT2D eigenvalue weighted by atomic mass is 10.2. The minimum absolute atomic E-state index is 0.106. The van der Waals surface area contributed by atoms with Gasteiger partial charge in [0.2, 0.25) is 0 Å². The molecule has 0 saturated heterocycles. The number of hydrazone groups is 1. The third kappa shape index (κ3) is 5.96. The van der Waals surface area contributed by atoms with Crippen LogP contribution in [0.5, 0.6) is 11.5 Å². The Balaban J connectivity index is 1.66. The fraction of sp³-hybridized carbons (Fsp3) is 0.0909. The molecule has 1 N–H and O–H groups in total. The molecule has 0 unspecified atom stereocenters. The van der Waals surface area contributed by atoms with E-state index in [9.17, 15) is 14.9 Å². The third-order valence-electron chi connectivity index (χ3n) is 4.27. The number of nitrogens with zero attached hydrogens (tertiary/aromatic N) is 2. The van der Waals surface area contributed by atoms with E-state index in [4.69, 9.17) is 32.7 Å². The van der Waals surface area contributed by atoms with Gasteiger partial charge in [-0.1, -0.05) is 35.3 Å². The van der Waals surface area contributed by atoms with Gasteiger partial charge in [-0.25, -0.2) is 5.43 Å². The van der Waals surface area contributed by atoms with Crippen molar-refractivity contribution < 1.29 is 19.2 Å². The minimum Gasteiger partial charge on any atom is -0.493 e. The quantitative estimate of drug-likeness (QED) is 0.273. The number of halogens is 2. The highest BCUT2D eigenvalue weighted by Gasteiger charge is 2.12. The lowest BCUT2D eigenvalue weighted by Crippen LogP contribution is -2.17. The maximum Gasteiger partial charge on any atom is 0.271 e. The van der Waals surface area contributed by atoms with Crippen molar-refractivity contribution >= 4 is 41.0 Å². The second kappa shape index (κ2) is 10.6. The first-order valence-corrected chi connectivity index (χ1v) is 9.95. The number of nitro groups is 1. The topological polar surface area (TPSA) is 103 Å². The zero-order valence-electron chi connectivity index (χ0n) is 16.7. The summed E-state index contributed by atoms with van der Waals surface area (Å²) in [4.78, 5) is 22.3. The first-order valence-electron chi connectivity index (χ1n) is 9.20. The van der Waals surface area contributed by atoms with Crippen LogP contribution in [-0.4, -0.2) is 24.2 Å². The van der Waals surface area contributed by atoms with Crippen LogP contribution in [0.3, 0.4) is 0 Å². The van der Waals surface area contributed by atoms with Crippen LogP contribution in [0, 0.1) is 10.1 Å². The molecule has 3 rings (SSSR count). The number of ether oxygens (including phenoxy) is 2. The Kier molecular flexibility index (Phi) is 7.64. The molecule has 3 aromatic carbocycles. The second-order valence-corrected chi connectivity index (χ2v) is 7.30. The molecule has 0 aromatic heterocycles. The van der Waals surface area contributed by atoms with Gasteiger partial charge in [-0.3, -0.25) is 14.9 Å². The van der Waals surface area contributed by atoms with Crippen LogP contribution in [0.15, 0.2) is 65.8 Å². The van der Waals surface area contributed by atoms with Gasteiger partial charge in [0.25, 0.3) is 11.6 Å². The number of carbonyl (C=O) groups is 1. The van der Waals surface area contributed by atoms with Gasteiger partial charge in [-0.15, -0.1) is 0 Å². The molecule has 0 aliphatic heterocycles. The zero-order chi connectivity index (χ0) is 23.1. The second-order valence-electron chi connectivity index (χ2n) is 6.45. The Morgan fingerprint density at radius 2 is 1.81 bits per heavy atom. The van der Waals surface area contributed by atoms with Crippen LogP contribution < -0.4 is 14.9 Å². The summed E-state index contributed by atoms with van der Waals surface area (Å²) in [5, 5.41) is 15.5. The summed E-state index contributed by atoms with van der Waals surface area (Å²) >= 11 is 12.2. The molecule has 32 heavy (non-hydrogen) atoms. The summed E-state index contributed by atoms with van der Waals surface area (Å²) in [5.41, 5.74) is 3.95. The van der Waals surface area contributed by atoms with Crippen molar-refractivity contribution in [3.05, 3.63) is 97.5 Å². The highest BCUT2D eigenvalue weighted by Crippen LogP contribution is 2.36. The molecular formula is C22H17Cl2N3O5. The Hall–Kier alpha value is -3.62. The average molecular weight is 474 g/mol. The van der Waals surface area contributed by atoms with E-state index in [0.717, 1.165) is 5.56 Å². The Morgan fingerprint density at radius 3 is 2.44 bits per heavy atom. The SMILES string of the molecule is COc1cc(/C=N\NC(=O)c2ccc([N+](=O)[O-])cc2)cc(Cl)c1OCc1ccc(Cl)cc1. The van der Waals surface area contributed by atoms with Crippen molar-refractivity contribution in [1.29, 1.82) is 0 Å². The van der Waals surface area contributed by atoms with E-state index in [1.807, 2.05) is 12.1 Å². The minimum atomic E-state index is -0.542. The van der Waals surface area contributed by atoms with E-state index in [-0.39, 0.29) is 17.9 Å². The first kappa shape index (κ1) is 23.1. The number of nitrogens with one attached hydrogen (secondary N) is 1. The summed E-state index contributed by atoms with van der Waals surface area (Å²) in [5.74, 6) is 0.253. The van der Waals surface area contributed by atoms with Crippen LogP contribution in [-0.2, 0) is 6.61 Å². The summed E-state index contributed by atoms with van der Waals surface area (Å²) in [6.45, 7) is 0.270. The molecule has 0 aliphatic rings. The molecule has 0 atom stereocenters. The average Bonchev–Trinajstić information content (AvgIpc) is 2.79. The molecule has 3 aromatic rings. The van der Waals surface area contributed by atoms with E-state index in [1.165, 1.54) is 37.6 Å². The highest BCUT2D eigenvalue weighted by molar-refractivity contribution is 6.32. The molecule has 0 saturated carbocycles. The molecule has 0 fully saturated rings. The standard InChI is InChI=1S/C22H17Cl2N3O5/c1-31-20-11-15(10-19(24)21(20)32-13-14-2-6-17(23)7-3-14)12-25-26-22(28)16-4-8-18(9-5-16)27(29)30/h2-12H,13H2,1H3,(H,26,28)/b25-12-. The molecule has 0 aliphatic carbocycles. The molecular weight excluding hydrogens is 457 g/mol. The first-order chi connectivity index (χ1) is 15.4. The maximum atomic E-state index is 12.1. The van der Waals surface area contributed by atoms with Crippen LogP contribution in [0.1, 0.15) is 21.5 Å². The van der Waals surface area contributed by atoms with Crippen molar-refractivity contribution in [3.63, 3.8) is 0 Å². The predicted molar refractivity (Wildman–Crippen MR) is 122 cm³/mol. The van der Waals surface area contributed by atoms with Gasteiger partial charge >= 0.3 is 0 Å². The number of hydrogen-bond donors (Lipinski definition) is 1. The van der Waals surface area contributed by atoms with Crippen molar-refractivity contribution in [1.82, 2.24) is 5.43 Å². The van der Waals surface area contributed by atoms with Crippen molar-refractivity contribution in [2.45, 2.75) is 6.61 Å². The van der Waals surface area contributed by atoms with Gasteiger partial charge in [0.05, 0.1) is 23.3 Å². The molecule has 0 radical (unpaired) electrons. The molecule has 1 amide bonds. The van der Waals surface area contributed by atoms with E-state index in [1.54, 1.807) is 24.3 Å². The molecule has 0 bridgehead atoms. The molecule has 0 heterocycles. The number of benzene rings is 3. The summed E-state index contributed by atoms with van der Waals surface area (Å²) in [7, 11) is 1.48. The number of rotatable bonds is 8. The summed E-state index contributed by atoms with van der Waals surface area (Å²) < 4.78 is 11.2. The van der Waals surface area contributed by atoms with Gasteiger partial charge in [-0.2, -0.15) is 5.10 Å². The lowest BCUT2D eigenvalue weighted by molar-refractivity contribution is -0.384. The Morgan fingerprint density at radius 1 is 1.12 bits per heavy atom. The fourth-order valence-electron chi connectivity index (χ4n) is 2.66. The van der Waals surface area contributed by atoms with Gasteiger partial charge in [-0.05, 0) is 47.5 Å². The number of carbonyl (C=O) groups excluding carboxylic acids is 1. The number of amides is 1. The summed E-state index contributed by atoms with van der Waals surface area (Å²) in [6.07, 6.45) is 1.39. The van der Waals surface area contributed by atoms with E-state index in [2.05, 4.69) is 10.5 Å². The largest absolute Gasteiger partial charge is 0.493 e. The van der Waals surface area contributed by atoms with Crippen LogP contribution >= 0.6 is 23.2 Å². The van der Waals surface area contributed by atoms with Crippen LogP contribution in [0.25, 0.3) is 0 Å². The fourth-order valence-corrected chi connectivity index (χ4v) is 3.05. The normalized spacial score (nSPS) is 10.7. The third-order valence-corrected chi connectivity index (χ3v) is 4.80. The summed E-state index contributed by atoms with van der Waals surface area (Å²) in [6, 6.07) is 15.7. The maximum absolute atomic E-state index is 12.1. The van der Waals surface area contributed by atoms with E-state index in [0.29, 0.717) is 27.1 Å². The Labute approximate surface area is 193 Å². The van der Waals surface area contributed by atoms with E-state index >= 15 is 0 Å². The van der Waals surface area contributed by atoms with Crippen molar-refractivity contribution in [2.75, 3.05) is 7.11 Å². The van der Waals surface area contributed by atoms with Crippen LogP contribution in [0.4, 0.5) is 5.69 Å². The predicted octanol–water partition coefficient (Wildman–Crippen LogP) is 5.25. The zero-order valence-corrected chi connectivity index (χ0v) is 18.3. The molecule has 8 nitrogen and oxygen atoms in total. The van der Waals surface area contributed by atoms with Crippen LogP contribution in [0.2, 0.25) is 10.0 Å². The van der Waals surface area contributed by atoms with Gasteiger partial charge < -0.3 is 9.47 Å². The smallest absolute Gasteiger partial charge is 0.271 e.